The summed E-state index contributed by atoms with van der Waals surface area (Å²) in [6, 6.07) is 2.87. The van der Waals surface area contributed by atoms with E-state index in [0.29, 0.717) is 0 Å². The van der Waals surface area contributed by atoms with Crippen molar-refractivity contribution in [2.24, 2.45) is 0 Å². The zero-order chi connectivity index (χ0) is 16.7. The first-order valence-corrected chi connectivity index (χ1v) is 7.72. The number of alkyl halides is 3. The third kappa shape index (κ3) is 6.33. The maximum Gasteiger partial charge on any atom is 0.405 e. The molecule has 1 aliphatic heterocycles. The summed E-state index contributed by atoms with van der Waals surface area (Å²) in [5.41, 5.74) is 0.741. The molecule has 2 heterocycles. The number of aromatic nitrogens is 1. The molecule has 0 bridgehead atoms. The Labute approximate surface area is 133 Å². The van der Waals surface area contributed by atoms with Gasteiger partial charge >= 0.3 is 12.2 Å². The Kier molecular flexibility index (Phi) is 6.06. The standard InChI is InChI=1S/C15H21F3N4O/c16-15(17,18)11-21-14(23)20-10-12-5-6-13(19-9-12)22-7-3-1-2-4-8-22/h5-6,9H,1-4,7-8,10-11H2,(H2,20,21,23). The molecular weight excluding hydrogens is 309 g/mol. The summed E-state index contributed by atoms with van der Waals surface area (Å²) in [6.07, 6.45) is 2.03. The molecule has 1 aliphatic rings. The Hall–Kier alpha value is -1.99. The fraction of sp³-hybridized carbons (Fsp3) is 0.600. The van der Waals surface area contributed by atoms with E-state index < -0.39 is 18.8 Å². The number of urea groups is 1. The normalized spacial score (nSPS) is 15.9. The van der Waals surface area contributed by atoms with Gasteiger partial charge in [0.2, 0.25) is 0 Å². The second-order valence-corrected chi connectivity index (χ2v) is 5.58. The zero-order valence-electron chi connectivity index (χ0n) is 12.8. The lowest BCUT2D eigenvalue weighted by molar-refractivity contribution is -0.122. The Morgan fingerprint density at radius 2 is 1.83 bits per heavy atom. The van der Waals surface area contributed by atoms with Crippen molar-refractivity contribution in [1.82, 2.24) is 15.6 Å². The van der Waals surface area contributed by atoms with Crippen molar-refractivity contribution in [3.05, 3.63) is 23.9 Å². The van der Waals surface area contributed by atoms with Gasteiger partial charge in [-0.2, -0.15) is 13.2 Å². The summed E-state index contributed by atoms with van der Waals surface area (Å²) < 4.78 is 35.9. The average Bonchev–Trinajstić information content (AvgIpc) is 2.80. The highest BCUT2D eigenvalue weighted by atomic mass is 19.4. The van der Waals surface area contributed by atoms with Crippen molar-refractivity contribution in [2.75, 3.05) is 24.5 Å². The van der Waals surface area contributed by atoms with E-state index in [1.807, 2.05) is 12.1 Å². The molecule has 0 aromatic carbocycles. The van der Waals surface area contributed by atoms with E-state index in [-0.39, 0.29) is 6.54 Å². The molecule has 2 N–H and O–H groups in total. The number of hydrogen-bond acceptors (Lipinski definition) is 3. The number of nitrogens with one attached hydrogen (secondary N) is 2. The lowest BCUT2D eigenvalue weighted by Gasteiger charge is -2.21. The Morgan fingerprint density at radius 1 is 1.13 bits per heavy atom. The van der Waals surface area contributed by atoms with E-state index >= 15 is 0 Å². The fourth-order valence-corrected chi connectivity index (χ4v) is 2.43. The molecule has 2 amide bonds. The summed E-state index contributed by atoms with van der Waals surface area (Å²) in [4.78, 5) is 17.9. The van der Waals surface area contributed by atoms with E-state index in [0.717, 1.165) is 37.3 Å². The van der Waals surface area contributed by atoms with Crippen molar-refractivity contribution >= 4 is 11.8 Å². The van der Waals surface area contributed by atoms with E-state index in [1.54, 1.807) is 11.5 Å². The molecule has 0 saturated carbocycles. The summed E-state index contributed by atoms with van der Waals surface area (Å²) in [6.45, 7) is 0.775. The van der Waals surface area contributed by atoms with Crippen LogP contribution in [0.15, 0.2) is 18.3 Å². The number of carbonyl (C=O) groups is 1. The van der Waals surface area contributed by atoms with E-state index in [1.165, 1.54) is 12.8 Å². The fourth-order valence-electron chi connectivity index (χ4n) is 2.43. The molecule has 5 nitrogen and oxygen atoms in total. The molecule has 23 heavy (non-hydrogen) atoms. The van der Waals surface area contributed by atoms with Gasteiger partial charge in [0.1, 0.15) is 12.4 Å². The van der Waals surface area contributed by atoms with Crippen molar-refractivity contribution in [3.63, 3.8) is 0 Å². The molecule has 0 unspecified atom stereocenters. The molecule has 0 spiro atoms. The van der Waals surface area contributed by atoms with Crippen LogP contribution in [0.1, 0.15) is 31.2 Å². The van der Waals surface area contributed by atoms with Gasteiger partial charge < -0.3 is 15.5 Å². The topological polar surface area (TPSA) is 57.3 Å². The lowest BCUT2D eigenvalue weighted by Crippen LogP contribution is -2.40. The monoisotopic (exact) mass is 330 g/mol. The zero-order valence-corrected chi connectivity index (χ0v) is 12.8. The van der Waals surface area contributed by atoms with Crippen LogP contribution in [0.3, 0.4) is 0 Å². The van der Waals surface area contributed by atoms with Crippen molar-refractivity contribution in [2.45, 2.75) is 38.4 Å². The molecular formula is C15H21F3N4O. The largest absolute Gasteiger partial charge is 0.405 e. The predicted molar refractivity (Wildman–Crippen MR) is 81.2 cm³/mol. The minimum absolute atomic E-state index is 0.136. The SMILES string of the molecule is O=C(NCc1ccc(N2CCCCCC2)nc1)NCC(F)(F)F. The molecule has 128 valence electrons. The lowest BCUT2D eigenvalue weighted by atomic mass is 10.2. The van der Waals surface area contributed by atoms with Gasteiger partial charge in [-0.1, -0.05) is 18.9 Å². The van der Waals surface area contributed by atoms with Crippen molar-refractivity contribution in [3.8, 4) is 0 Å². The number of carbonyl (C=O) groups excluding carboxylic acids is 1. The Morgan fingerprint density at radius 3 is 2.39 bits per heavy atom. The maximum atomic E-state index is 12.0. The molecule has 0 atom stereocenters. The van der Waals surface area contributed by atoms with Gasteiger partial charge in [0.25, 0.3) is 0 Å². The molecule has 0 radical (unpaired) electrons. The third-order valence-electron chi connectivity index (χ3n) is 3.64. The molecule has 1 saturated heterocycles. The van der Waals surface area contributed by atoms with Gasteiger partial charge in [-0.05, 0) is 24.5 Å². The number of nitrogens with zero attached hydrogens (tertiary/aromatic N) is 2. The smallest absolute Gasteiger partial charge is 0.357 e. The van der Waals surface area contributed by atoms with Gasteiger partial charge in [0.05, 0.1) is 0 Å². The van der Waals surface area contributed by atoms with E-state index in [9.17, 15) is 18.0 Å². The second kappa shape index (κ2) is 8.03. The van der Waals surface area contributed by atoms with Crippen LogP contribution >= 0.6 is 0 Å². The van der Waals surface area contributed by atoms with E-state index in [2.05, 4.69) is 15.2 Å². The average molecular weight is 330 g/mol. The summed E-state index contributed by atoms with van der Waals surface area (Å²) in [7, 11) is 0. The third-order valence-corrected chi connectivity index (χ3v) is 3.64. The van der Waals surface area contributed by atoms with Gasteiger partial charge in [-0.3, -0.25) is 0 Å². The molecule has 1 aromatic rings. The van der Waals surface area contributed by atoms with Crippen LogP contribution in [0.4, 0.5) is 23.8 Å². The highest BCUT2D eigenvalue weighted by Gasteiger charge is 2.27. The predicted octanol–water partition coefficient (Wildman–Crippen LogP) is 2.82. The van der Waals surface area contributed by atoms with Crippen LogP contribution in [0.2, 0.25) is 0 Å². The summed E-state index contributed by atoms with van der Waals surface area (Å²) >= 11 is 0. The number of halogens is 3. The first kappa shape index (κ1) is 17.4. The van der Waals surface area contributed by atoms with Gasteiger partial charge in [0, 0.05) is 25.8 Å². The van der Waals surface area contributed by atoms with Crippen LogP contribution in [0.5, 0.6) is 0 Å². The van der Waals surface area contributed by atoms with Gasteiger partial charge in [0.15, 0.2) is 0 Å². The maximum absolute atomic E-state index is 12.0. The molecule has 8 heteroatoms. The summed E-state index contributed by atoms with van der Waals surface area (Å²) in [5, 5.41) is 4.14. The van der Waals surface area contributed by atoms with E-state index in [4.69, 9.17) is 0 Å². The quantitative estimate of drug-likeness (QED) is 0.892. The number of anilines is 1. The molecule has 1 aromatic heterocycles. The van der Waals surface area contributed by atoms with Crippen molar-refractivity contribution < 1.29 is 18.0 Å². The number of pyridine rings is 1. The van der Waals surface area contributed by atoms with Crippen LogP contribution in [0.25, 0.3) is 0 Å². The minimum atomic E-state index is -4.41. The Bertz CT molecular complexity index is 496. The number of hydrogen-bond donors (Lipinski definition) is 2. The minimum Gasteiger partial charge on any atom is -0.357 e. The highest BCUT2D eigenvalue weighted by Crippen LogP contribution is 2.17. The van der Waals surface area contributed by atoms with Crippen LogP contribution in [0, 0.1) is 0 Å². The second-order valence-electron chi connectivity index (χ2n) is 5.58. The highest BCUT2D eigenvalue weighted by molar-refractivity contribution is 5.73. The van der Waals surface area contributed by atoms with Crippen LogP contribution in [-0.2, 0) is 6.54 Å². The van der Waals surface area contributed by atoms with Crippen LogP contribution < -0.4 is 15.5 Å². The van der Waals surface area contributed by atoms with Gasteiger partial charge in [-0.25, -0.2) is 9.78 Å². The van der Waals surface area contributed by atoms with Crippen molar-refractivity contribution in [1.29, 1.82) is 0 Å². The number of amides is 2. The summed E-state index contributed by atoms with van der Waals surface area (Å²) in [5.74, 6) is 0.900. The molecule has 0 aliphatic carbocycles. The Balaban J connectivity index is 1.79. The first-order chi connectivity index (χ1) is 10.9. The van der Waals surface area contributed by atoms with Gasteiger partial charge in [-0.15, -0.1) is 0 Å². The molecule has 1 fully saturated rings. The number of rotatable bonds is 4. The molecule has 2 rings (SSSR count). The first-order valence-electron chi connectivity index (χ1n) is 7.72. The van der Waals surface area contributed by atoms with Crippen LogP contribution in [-0.4, -0.2) is 36.8 Å².